The van der Waals surface area contributed by atoms with E-state index in [4.69, 9.17) is 4.52 Å². The zero-order chi connectivity index (χ0) is 8.27. The fourth-order valence-corrected chi connectivity index (χ4v) is 0.940. The number of nitrogens with zero attached hydrogens (tertiary/aromatic N) is 2. The molecule has 0 saturated carbocycles. The van der Waals surface area contributed by atoms with Crippen LogP contribution in [0.4, 0.5) is 0 Å². The van der Waals surface area contributed by atoms with Gasteiger partial charge >= 0.3 is 0 Å². The third-order valence-corrected chi connectivity index (χ3v) is 1.69. The Morgan fingerprint density at radius 2 is 2.36 bits per heavy atom. The topological polar surface area (TPSA) is 38.9 Å². The summed E-state index contributed by atoms with van der Waals surface area (Å²) in [6.07, 6.45) is 1.94. The van der Waals surface area contributed by atoms with Crippen LogP contribution in [-0.4, -0.2) is 10.1 Å². The number of alkyl halides is 1. The fourth-order valence-electron chi connectivity index (χ4n) is 0.754. The summed E-state index contributed by atoms with van der Waals surface area (Å²) in [5.74, 6) is 1.46. The van der Waals surface area contributed by atoms with Crippen LogP contribution in [0.2, 0.25) is 0 Å². The molecule has 0 radical (unpaired) electrons. The Morgan fingerprint density at radius 1 is 1.64 bits per heavy atom. The molecule has 1 aromatic heterocycles. The Kier molecular flexibility index (Phi) is 3.05. The highest BCUT2D eigenvalue weighted by Gasteiger charge is 2.09. The quantitative estimate of drug-likeness (QED) is 0.733. The van der Waals surface area contributed by atoms with Crippen molar-refractivity contribution in [2.24, 2.45) is 0 Å². The summed E-state index contributed by atoms with van der Waals surface area (Å²) in [5, 5.41) is 3.81. The molecule has 1 rings (SSSR count). The van der Waals surface area contributed by atoms with Crippen LogP contribution in [0.25, 0.3) is 0 Å². The molecule has 0 spiro atoms. The van der Waals surface area contributed by atoms with E-state index in [9.17, 15) is 0 Å². The van der Waals surface area contributed by atoms with Crippen molar-refractivity contribution in [2.45, 2.75) is 31.5 Å². The first-order valence-corrected chi connectivity index (χ1v) is 4.62. The molecule has 0 aliphatic heterocycles. The third kappa shape index (κ3) is 2.29. The SMILES string of the molecule is CCCc1noc([C@@H](C)Br)n1. The van der Waals surface area contributed by atoms with E-state index in [0.717, 1.165) is 18.7 Å². The van der Waals surface area contributed by atoms with Gasteiger partial charge in [-0.25, -0.2) is 0 Å². The molecule has 0 unspecified atom stereocenters. The highest BCUT2D eigenvalue weighted by atomic mass is 79.9. The van der Waals surface area contributed by atoms with Crippen molar-refractivity contribution < 1.29 is 4.52 Å². The average Bonchev–Trinajstić information content (AvgIpc) is 2.37. The van der Waals surface area contributed by atoms with Gasteiger partial charge in [-0.05, 0) is 13.3 Å². The van der Waals surface area contributed by atoms with Gasteiger partial charge in [0, 0.05) is 6.42 Å². The van der Waals surface area contributed by atoms with Crippen LogP contribution in [0, 0.1) is 0 Å². The van der Waals surface area contributed by atoms with Gasteiger partial charge < -0.3 is 4.52 Å². The van der Waals surface area contributed by atoms with E-state index < -0.39 is 0 Å². The second kappa shape index (κ2) is 3.85. The summed E-state index contributed by atoms with van der Waals surface area (Å²) in [5.41, 5.74) is 0. The smallest absolute Gasteiger partial charge is 0.240 e. The first-order valence-electron chi connectivity index (χ1n) is 3.70. The van der Waals surface area contributed by atoms with Crippen LogP contribution >= 0.6 is 15.9 Å². The second-order valence-electron chi connectivity index (χ2n) is 2.41. The maximum Gasteiger partial charge on any atom is 0.240 e. The Bertz CT molecular complexity index is 222. The molecule has 1 heterocycles. The highest BCUT2D eigenvalue weighted by Crippen LogP contribution is 2.19. The van der Waals surface area contributed by atoms with Crippen molar-refractivity contribution in [1.29, 1.82) is 0 Å². The molecule has 0 aliphatic carbocycles. The summed E-state index contributed by atoms with van der Waals surface area (Å²) in [6.45, 7) is 4.05. The van der Waals surface area contributed by atoms with Crippen LogP contribution < -0.4 is 0 Å². The molecular formula is C7H11BrN2O. The van der Waals surface area contributed by atoms with Crippen molar-refractivity contribution in [2.75, 3.05) is 0 Å². The van der Waals surface area contributed by atoms with Crippen LogP contribution in [0.5, 0.6) is 0 Å². The van der Waals surface area contributed by atoms with E-state index in [1.54, 1.807) is 0 Å². The van der Waals surface area contributed by atoms with Crippen molar-refractivity contribution in [3.8, 4) is 0 Å². The van der Waals surface area contributed by atoms with Gasteiger partial charge in [0.2, 0.25) is 5.89 Å². The molecule has 3 nitrogen and oxygen atoms in total. The van der Waals surface area contributed by atoms with E-state index in [2.05, 4.69) is 33.0 Å². The van der Waals surface area contributed by atoms with Crippen molar-refractivity contribution in [3.63, 3.8) is 0 Å². The van der Waals surface area contributed by atoms with Gasteiger partial charge in [-0.2, -0.15) is 4.98 Å². The number of hydrogen-bond donors (Lipinski definition) is 0. The van der Waals surface area contributed by atoms with E-state index in [0.29, 0.717) is 5.89 Å². The first-order chi connectivity index (χ1) is 5.24. The number of rotatable bonds is 3. The highest BCUT2D eigenvalue weighted by molar-refractivity contribution is 9.09. The van der Waals surface area contributed by atoms with Crippen LogP contribution in [0.15, 0.2) is 4.52 Å². The predicted molar refractivity (Wildman–Crippen MR) is 45.6 cm³/mol. The minimum Gasteiger partial charge on any atom is -0.338 e. The van der Waals surface area contributed by atoms with Gasteiger partial charge in [-0.15, -0.1) is 0 Å². The van der Waals surface area contributed by atoms with E-state index >= 15 is 0 Å². The molecule has 1 atom stereocenters. The van der Waals surface area contributed by atoms with Crippen LogP contribution in [0.1, 0.15) is 36.8 Å². The molecular weight excluding hydrogens is 208 g/mol. The second-order valence-corrected chi connectivity index (χ2v) is 3.79. The van der Waals surface area contributed by atoms with Crippen LogP contribution in [-0.2, 0) is 6.42 Å². The summed E-state index contributed by atoms with van der Waals surface area (Å²) in [6, 6.07) is 0. The Balaban J connectivity index is 2.66. The molecule has 0 N–H and O–H groups in total. The minimum atomic E-state index is 0.153. The van der Waals surface area contributed by atoms with Gasteiger partial charge in [-0.3, -0.25) is 0 Å². The molecule has 11 heavy (non-hydrogen) atoms. The lowest BCUT2D eigenvalue weighted by Crippen LogP contribution is -1.87. The zero-order valence-corrected chi connectivity index (χ0v) is 8.26. The minimum absolute atomic E-state index is 0.153. The van der Waals surface area contributed by atoms with E-state index in [-0.39, 0.29) is 4.83 Å². The third-order valence-electron chi connectivity index (χ3n) is 1.30. The van der Waals surface area contributed by atoms with Gasteiger partial charge in [-0.1, -0.05) is 28.0 Å². The summed E-state index contributed by atoms with van der Waals surface area (Å²) in [7, 11) is 0. The lowest BCUT2D eigenvalue weighted by molar-refractivity contribution is 0.375. The number of hydrogen-bond acceptors (Lipinski definition) is 3. The maximum atomic E-state index is 4.97. The van der Waals surface area contributed by atoms with Crippen molar-refractivity contribution in [3.05, 3.63) is 11.7 Å². The summed E-state index contributed by atoms with van der Waals surface area (Å²) >= 11 is 3.35. The standard InChI is InChI=1S/C7H11BrN2O/c1-3-4-6-9-7(5(2)8)11-10-6/h5H,3-4H2,1-2H3/t5-/m1/s1. The van der Waals surface area contributed by atoms with Crippen molar-refractivity contribution >= 4 is 15.9 Å². The van der Waals surface area contributed by atoms with Gasteiger partial charge in [0.05, 0.1) is 4.83 Å². The normalized spacial score (nSPS) is 13.4. The fraction of sp³-hybridized carbons (Fsp3) is 0.714. The maximum absolute atomic E-state index is 4.97. The van der Waals surface area contributed by atoms with Crippen LogP contribution in [0.3, 0.4) is 0 Å². The van der Waals surface area contributed by atoms with Gasteiger partial charge in [0.15, 0.2) is 5.82 Å². The molecule has 0 fully saturated rings. The number of aryl methyl sites for hydroxylation is 1. The van der Waals surface area contributed by atoms with Gasteiger partial charge in [0.25, 0.3) is 0 Å². The monoisotopic (exact) mass is 218 g/mol. The van der Waals surface area contributed by atoms with E-state index in [1.807, 2.05) is 6.92 Å². The van der Waals surface area contributed by atoms with Crippen molar-refractivity contribution in [1.82, 2.24) is 10.1 Å². The molecule has 0 bridgehead atoms. The molecule has 0 amide bonds. The first kappa shape index (κ1) is 8.71. The molecule has 0 saturated heterocycles. The summed E-state index contributed by atoms with van der Waals surface area (Å²) in [4.78, 5) is 4.33. The van der Waals surface area contributed by atoms with Gasteiger partial charge in [0.1, 0.15) is 0 Å². The summed E-state index contributed by atoms with van der Waals surface area (Å²) < 4.78 is 4.97. The Labute approximate surface area is 74.3 Å². The average molecular weight is 219 g/mol. The molecule has 1 aromatic rings. The molecule has 0 aliphatic rings. The Morgan fingerprint density at radius 3 is 2.82 bits per heavy atom. The number of aromatic nitrogens is 2. The largest absolute Gasteiger partial charge is 0.338 e. The van der Waals surface area contributed by atoms with E-state index in [1.165, 1.54) is 0 Å². The predicted octanol–water partition coefficient (Wildman–Crippen LogP) is 2.48. The Hall–Kier alpha value is -0.380. The number of halogens is 1. The molecule has 62 valence electrons. The molecule has 0 aromatic carbocycles. The lowest BCUT2D eigenvalue weighted by atomic mass is 10.3. The lowest BCUT2D eigenvalue weighted by Gasteiger charge is -1.89. The zero-order valence-electron chi connectivity index (χ0n) is 6.67. The molecule has 4 heteroatoms.